The smallest absolute Gasteiger partial charge is 0.122 e. The third-order valence-electron chi connectivity index (χ3n) is 6.79. The number of benzene rings is 2. The molecule has 35 heavy (non-hydrogen) atoms. The molecule has 3 aromatic rings. The molecule has 0 saturated carbocycles. The first-order chi connectivity index (χ1) is 16.1. The third kappa shape index (κ3) is 5.32. The van der Waals surface area contributed by atoms with Crippen molar-refractivity contribution in [2.24, 2.45) is 11.5 Å². The molecule has 2 heterocycles. The highest BCUT2D eigenvalue weighted by Gasteiger charge is 2.32. The van der Waals surface area contributed by atoms with Crippen LogP contribution in [0.4, 0.5) is 0 Å². The van der Waals surface area contributed by atoms with Crippen LogP contribution >= 0.6 is 36.2 Å². The Morgan fingerprint density at radius 1 is 1.09 bits per heavy atom. The van der Waals surface area contributed by atoms with Crippen molar-refractivity contribution in [2.45, 2.75) is 31.8 Å². The summed E-state index contributed by atoms with van der Waals surface area (Å²) in [5.74, 6) is 0.963. The molecule has 188 valence electrons. The van der Waals surface area contributed by atoms with E-state index in [0.29, 0.717) is 6.04 Å². The molecule has 0 spiro atoms. The van der Waals surface area contributed by atoms with Gasteiger partial charge in [0.05, 0.1) is 24.5 Å². The van der Waals surface area contributed by atoms with E-state index in [1.807, 2.05) is 12.1 Å². The molecule has 2 aromatic carbocycles. The first-order valence-electron chi connectivity index (χ1n) is 11.6. The molecule has 5 N–H and O–H groups in total. The predicted molar refractivity (Wildman–Crippen MR) is 152 cm³/mol. The highest BCUT2D eigenvalue weighted by atomic mass is 35.5. The summed E-state index contributed by atoms with van der Waals surface area (Å²) in [5.41, 5.74) is 20.3. The maximum Gasteiger partial charge on any atom is 0.122 e. The van der Waals surface area contributed by atoms with E-state index in [2.05, 4.69) is 59.6 Å². The highest BCUT2D eigenvalue weighted by molar-refractivity contribution is 7.12. The van der Waals surface area contributed by atoms with Crippen LogP contribution in [-0.2, 0) is 6.42 Å². The maximum atomic E-state index is 6.91. The van der Waals surface area contributed by atoms with Gasteiger partial charge < -0.3 is 26.4 Å². The number of thiophene rings is 1. The van der Waals surface area contributed by atoms with E-state index in [0.717, 1.165) is 60.7 Å². The second kappa shape index (κ2) is 11.7. The Bertz CT molecular complexity index is 1200. The van der Waals surface area contributed by atoms with Crippen molar-refractivity contribution < 1.29 is 4.74 Å². The number of nitrogens with zero attached hydrogens (tertiary/aromatic N) is 1. The van der Waals surface area contributed by atoms with Crippen LogP contribution in [0.5, 0.6) is 5.75 Å². The van der Waals surface area contributed by atoms with Crippen molar-refractivity contribution in [1.29, 1.82) is 0 Å². The van der Waals surface area contributed by atoms with Crippen LogP contribution < -0.4 is 21.5 Å². The Morgan fingerprint density at radius 3 is 2.63 bits per heavy atom. The molecule has 1 aromatic heterocycles. The number of ether oxygens (including phenoxy) is 1. The summed E-state index contributed by atoms with van der Waals surface area (Å²) >= 11 is 1.79. The van der Waals surface area contributed by atoms with Gasteiger partial charge in [-0.3, -0.25) is 0 Å². The zero-order valence-corrected chi connectivity index (χ0v) is 22.6. The zero-order valence-electron chi connectivity index (χ0n) is 20.1. The average Bonchev–Trinajstić information content (AvgIpc) is 3.20. The molecule has 0 radical (unpaired) electrons. The van der Waals surface area contributed by atoms with E-state index < -0.39 is 0 Å². The minimum Gasteiger partial charge on any atom is -0.496 e. The summed E-state index contributed by atoms with van der Waals surface area (Å²) in [6, 6.07) is 19.1. The average molecular weight is 534 g/mol. The van der Waals surface area contributed by atoms with E-state index in [1.54, 1.807) is 18.4 Å². The van der Waals surface area contributed by atoms with Crippen molar-refractivity contribution in [1.82, 2.24) is 10.2 Å². The largest absolute Gasteiger partial charge is 0.496 e. The molecule has 1 aliphatic carbocycles. The number of fused-ring (bicyclic) bond motifs is 2. The summed E-state index contributed by atoms with van der Waals surface area (Å²) in [4.78, 5) is 4.95. The number of hydrogen-bond acceptors (Lipinski definition) is 6. The van der Waals surface area contributed by atoms with Crippen LogP contribution in [0.3, 0.4) is 0 Å². The third-order valence-corrected chi connectivity index (χ3v) is 7.92. The lowest BCUT2D eigenvalue weighted by molar-refractivity contribution is 0.269. The summed E-state index contributed by atoms with van der Waals surface area (Å²) in [7, 11) is 1.74. The number of methoxy groups -OCH3 is 1. The quantitative estimate of drug-likeness (QED) is 0.432. The van der Waals surface area contributed by atoms with E-state index in [4.69, 9.17) is 16.2 Å². The Hall–Kier alpha value is -2.22. The van der Waals surface area contributed by atoms with E-state index in [9.17, 15) is 0 Å². The summed E-state index contributed by atoms with van der Waals surface area (Å²) in [6.45, 7) is 4.92. The number of para-hydroxylation sites is 1. The lowest BCUT2D eigenvalue weighted by Crippen LogP contribution is -2.50. The number of halogens is 2. The van der Waals surface area contributed by atoms with Gasteiger partial charge in [-0.25, -0.2) is 0 Å². The Morgan fingerprint density at radius 2 is 1.83 bits per heavy atom. The molecule has 2 aliphatic rings. The SMILES string of the molecule is COc1ccccc1CC[C@H]1CN(C2=C(N)c3ccccc3C(N)c3sc(C)cc32)CCN1.Cl.Cl. The molecule has 2 atom stereocenters. The fourth-order valence-electron chi connectivity index (χ4n) is 5.18. The van der Waals surface area contributed by atoms with Gasteiger partial charge in [0.1, 0.15) is 5.75 Å². The topological polar surface area (TPSA) is 76.5 Å². The number of piperazine rings is 1. The number of aryl methyl sites for hydroxylation is 2. The molecule has 1 aliphatic heterocycles. The van der Waals surface area contributed by atoms with Gasteiger partial charge in [-0.1, -0.05) is 42.5 Å². The van der Waals surface area contributed by atoms with E-state index in [1.165, 1.54) is 20.9 Å². The molecule has 0 bridgehead atoms. The van der Waals surface area contributed by atoms with Gasteiger partial charge in [0.2, 0.25) is 0 Å². The minimum atomic E-state index is -0.157. The molecule has 5 nitrogen and oxygen atoms in total. The highest BCUT2D eigenvalue weighted by Crippen LogP contribution is 2.43. The number of rotatable bonds is 5. The monoisotopic (exact) mass is 532 g/mol. The van der Waals surface area contributed by atoms with Crippen LogP contribution in [0.1, 0.15) is 44.5 Å². The van der Waals surface area contributed by atoms with Crippen molar-refractivity contribution in [2.75, 3.05) is 26.7 Å². The summed E-state index contributed by atoms with van der Waals surface area (Å²) in [6.07, 6.45) is 2.01. The second-order valence-electron chi connectivity index (χ2n) is 8.91. The Labute approximate surface area is 224 Å². The second-order valence-corrected chi connectivity index (χ2v) is 10.2. The van der Waals surface area contributed by atoms with Gasteiger partial charge in [0.15, 0.2) is 0 Å². The number of hydrogen-bond donors (Lipinski definition) is 3. The van der Waals surface area contributed by atoms with Crippen LogP contribution in [0, 0.1) is 6.92 Å². The molecule has 5 rings (SSSR count). The lowest BCUT2D eigenvalue weighted by atomic mass is 9.99. The molecule has 1 fully saturated rings. The molecule has 8 heteroatoms. The van der Waals surface area contributed by atoms with Crippen LogP contribution in [0.25, 0.3) is 11.4 Å². The standard InChI is InChI=1S/C27H32N4OS.2ClH/c1-17-15-22-26(24(28)20-8-4-5-9-21(20)25(29)27(22)33-17)31-14-13-30-19(16-31)12-11-18-7-3-6-10-23(18)32-2;;/h3-10,15,19,25,30H,11-14,16,28-29H2,1-2H3;2*1H/t19-,25?;;/m0../s1. The van der Waals surface area contributed by atoms with Crippen LogP contribution in [-0.4, -0.2) is 37.7 Å². The molecular weight excluding hydrogens is 499 g/mol. The van der Waals surface area contributed by atoms with Crippen LogP contribution in [0.15, 0.2) is 54.6 Å². The van der Waals surface area contributed by atoms with Gasteiger partial charge in [0.25, 0.3) is 0 Å². The fourth-order valence-corrected chi connectivity index (χ4v) is 6.22. The zero-order chi connectivity index (χ0) is 22.9. The van der Waals surface area contributed by atoms with Crippen molar-refractivity contribution in [3.05, 3.63) is 86.6 Å². The molecule has 1 saturated heterocycles. The van der Waals surface area contributed by atoms with Gasteiger partial charge in [-0.2, -0.15) is 0 Å². The minimum absolute atomic E-state index is 0. The van der Waals surface area contributed by atoms with Gasteiger partial charge >= 0.3 is 0 Å². The van der Waals surface area contributed by atoms with Gasteiger partial charge in [0, 0.05) is 46.6 Å². The van der Waals surface area contributed by atoms with Crippen molar-refractivity contribution in [3.8, 4) is 5.75 Å². The summed E-state index contributed by atoms with van der Waals surface area (Å²) < 4.78 is 5.55. The normalized spacial score (nSPS) is 19.1. The number of nitrogens with one attached hydrogen (secondary N) is 1. The molecule has 1 unspecified atom stereocenters. The van der Waals surface area contributed by atoms with E-state index >= 15 is 0 Å². The molecular formula is C27H34Cl2N4OS. The molecule has 0 amide bonds. The van der Waals surface area contributed by atoms with Crippen LogP contribution in [0.2, 0.25) is 0 Å². The Kier molecular flexibility index (Phi) is 9.13. The van der Waals surface area contributed by atoms with Gasteiger partial charge in [-0.15, -0.1) is 36.2 Å². The van der Waals surface area contributed by atoms with Crippen molar-refractivity contribution in [3.63, 3.8) is 0 Å². The Balaban J connectivity index is 0.00000171. The predicted octanol–water partition coefficient (Wildman–Crippen LogP) is 4.96. The fraction of sp³-hybridized carbons (Fsp3) is 0.333. The van der Waals surface area contributed by atoms with Gasteiger partial charge in [-0.05, 0) is 43.0 Å². The van der Waals surface area contributed by atoms with Crippen molar-refractivity contribution >= 4 is 47.5 Å². The lowest BCUT2D eigenvalue weighted by Gasteiger charge is -2.37. The summed E-state index contributed by atoms with van der Waals surface area (Å²) in [5, 5.41) is 3.72. The number of nitrogens with two attached hydrogens (primary N) is 2. The van der Waals surface area contributed by atoms with E-state index in [-0.39, 0.29) is 30.9 Å². The first kappa shape index (κ1) is 27.4. The first-order valence-corrected chi connectivity index (χ1v) is 12.4. The maximum absolute atomic E-state index is 6.91.